The van der Waals surface area contributed by atoms with Crippen molar-refractivity contribution in [1.29, 1.82) is 0 Å². The second-order valence-corrected chi connectivity index (χ2v) is 4.49. The highest BCUT2D eigenvalue weighted by Crippen LogP contribution is 2.09. The van der Waals surface area contributed by atoms with Crippen molar-refractivity contribution in [2.24, 2.45) is 5.92 Å². The number of aromatic nitrogens is 1. The molecule has 0 aliphatic rings. The third-order valence-electron chi connectivity index (χ3n) is 2.65. The molecule has 4 heteroatoms. The van der Waals surface area contributed by atoms with Crippen LogP contribution in [0.2, 0.25) is 0 Å². The minimum Gasteiger partial charge on any atom is -0.337 e. The summed E-state index contributed by atoms with van der Waals surface area (Å²) in [5.41, 5.74) is 1.89. The van der Waals surface area contributed by atoms with Gasteiger partial charge in [-0.15, -0.1) is 11.6 Å². The topological polar surface area (TPSA) is 33.2 Å². The summed E-state index contributed by atoms with van der Waals surface area (Å²) in [5.74, 6) is 0.309. The van der Waals surface area contributed by atoms with Crippen molar-refractivity contribution >= 4 is 17.5 Å². The molecule has 0 aliphatic heterocycles. The van der Waals surface area contributed by atoms with E-state index in [1.165, 1.54) is 0 Å². The lowest BCUT2D eigenvalue weighted by molar-refractivity contribution is -0.134. The normalized spacial score (nSPS) is 12.2. The van der Waals surface area contributed by atoms with Gasteiger partial charge in [-0.25, -0.2) is 0 Å². The molecule has 0 N–H and O–H groups in total. The summed E-state index contributed by atoms with van der Waals surface area (Å²) in [7, 11) is 0. The van der Waals surface area contributed by atoms with Crippen molar-refractivity contribution in [2.45, 2.75) is 27.3 Å². The Morgan fingerprint density at radius 3 is 2.76 bits per heavy atom. The number of carbonyl (C=O) groups is 1. The first-order chi connectivity index (χ1) is 8.08. The second-order valence-electron chi connectivity index (χ2n) is 4.18. The molecule has 0 spiro atoms. The summed E-state index contributed by atoms with van der Waals surface area (Å²) in [6.07, 6.45) is 0. The van der Waals surface area contributed by atoms with Crippen LogP contribution >= 0.6 is 11.6 Å². The van der Waals surface area contributed by atoms with E-state index in [0.29, 0.717) is 19.0 Å². The maximum atomic E-state index is 12.0. The lowest BCUT2D eigenvalue weighted by atomic mass is 10.2. The Bertz CT molecular complexity index is 381. The molecular formula is C13H19ClN2O. The number of hydrogen-bond acceptors (Lipinski definition) is 2. The first-order valence-corrected chi connectivity index (χ1v) is 6.39. The van der Waals surface area contributed by atoms with Gasteiger partial charge in [0.15, 0.2) is 0 Å². The molecule has 1 aromatic rings. The van der Waals surface area contributed by atoms with Crippen LogP contribution in [0.3, 0.4) is 0 Å². The van der Waals surface area contributed by atoms with Gasteiger partial charge in [-0.05, 0) is 26.0 Å². The first-order valence-electron chi connectivity index (χ1n) is 5.85. The average Bonchev–Trinajstić information content (AvgIpc) is 2.34. The number of pyridine rings is 1. The zero-order valence-electron chi connectivity index (χ0n) is 10.6. The fourth-order valence-electron chi connectivity index (χ4n) is 1.61. The third kappa shape index (κ3) is 4.00. The zero-order chi connectivity index (χ0) is 12.8. The molecule has 1 heterocycles. The number of alkyl halides is 1. The molecule has 94 valence electrons. The molecule has 0 radical (unpaired) electrons. The molecular weight excluding hydrogens is 236 g/mol. The van der Waals surface area contributed by atoms with E-state index in [2.05, 4.69) is 4.98 Å². The number of halogens is 1. The van der Waals surface area contributed by atoms with E-state index in [9.17, 15) is 4.79 Å². The van der Waals surface area contributed by atoms with Crippen molar-refractivity contribution in [3.63, 3.8) is 0 Å². The van der Waals surface area contributed by atoms with E-state index in [-0.39, 0.29) is 11.8 Å². The monoisotopic (exact) mass is 254 g/mol. The first kappa shape index (κ1) is 14.0. The Hall–Kier alpha value is -1.09. The summed E-state index contributed by atoms with van der Waals surface area (Å²) in [4.78, 5) is 18.2. The van der Waals surface area contributed by atoms with Gasteiger partial charge in [0.2, 0.25) is 5.91 Å². The van der Waals surface area contributed by atoms with Crippen LogP contribution in [0.15, 0.2) is 18.2 Å². The summed E-state index contributed by atoms with van der Waals surface area (Å²) in [6, 6.07) is 5.85. The highest BCUT2D eigenvalue weighted by molar-refractivity contribution is 6.19. The minimum atomic E-state index is -0.138. The predicted molar refractivity (Wildman–Crippen MR) is 69.9 cm³/mol. The Morgan fingerprint density at radius 2 is 2.24 bits per heavy atom. The van der Waals surface area contributed by atoms with Crippen molar-refractivity contribution in [3.05, 3.63) is 29.6 Å². The molecule has 0 fully saturated rings. The van der Waals surface area contributed by atoms with Crippen molar-refractivity contribution < 1.29 is 4.79 Å². The van der Waals surface area contributed by atoms with Gasteiger partial charge in [0.1, 0.15) is 0 Å². The summed E-state index contributed by atoms with van der Waals surface area (Å²) >= 11 is 5.71. The molecule has 0 saturated heterocycles. The quantitative estimate of drug-likeness (QED) is 0.757. The van der Waals surface area contributed by atoms with E-state index in [1.54, 1.807) is 4.90 Å². The number of amides is 1. The molecule has 3 nitrogen and oxygen atoms in total. The highest BCUT2D eigenvalue weighted by Gasteiger charge is 2.18. The second kappa shape index (κ2) is 6.60. The van der Waals surface area contributed by atoms with Crippen LogP contribution in [0, 0.1) is 12.8 Å². The van der Waals surface area contributed by atoms with Gasteiger partial charge in [0.25, 0.3) is 0 Å². The molecule has 0 aliphatic carbocycles. The minimum absolute atomic E-state index is 0.0887. The van der Waals surface area contributed by atoms with Crippen LogP contribution in [-0.4, -0.2) is 28.2 Å². The summed E-state index contributed by atoms with van der Waals surface area (Å²) < 4.78 is 0. The van der Waals surface area contributed by atoms with E-state index >= 15 is 0 Å². The molecule has 1 amide bonds. The lowest BCUT2D eigenvalue weighted by Crippen LogP contribution is -2.35. The van der Waals surface area contributed by atoms with E-state index in [1.807, 2.05) is 39.0 Å². The Labute approximate surface area is 108 Å². The molecule has 0 bridgehead atoms. The van der Waals surface area contributed by atoms with Crippen LogP contribution in [0.25, 0.3) is 0 Å². The zero-order valence-corrected chi connectivity index (χ0v) is 11.4. The van der Waals surface area contributed by atoms with Crippen LogP contribution in [0.4, 0.5) is 0 Å². The van der Waals surface area contributed by atoms with Crippen molar-refractivity contribution in [3.8, 4) is 0 Å². The number of nitrogens with zero attached hydrogens (tertiary/aromatic N) is 2. The predicted octanol–water partition coefficient (Wildman–Crippen LogP) is 2.61. The van der Waals surface area contributed by atoms with Gasteiger partial charge in [-0.3, -0.25) is 9.78 Å². The Kier molecular flexibility index (Phi) is 5.42. The van der Waals surface area contributed by atoms with Crippen LogP contribution in [0.5, 0.6) is 0 Å². The maximum absolute atomic E-state index is 12.0. The maximum Gasteiger partial charge on any atom is 0.226 e. The van der Waals surface area contributed by atoms with E-state index in [0.717, 1.165) is 11.4 Å². The fraction of sp³-hybridized carbons (Fsp3) is 0.538. The highest BCUT2D eigenvalue weighted by atomic mass is 35.5. The standard InChI is InChI=1S/C13H19ClN2O/c1-4-16(13(17)10(2)8-14)9-12-7-5-6-11(3)15-12/h5-7,10H,4,8-9H2,1-3H3. The van der Waals surface area contributed by atoms with E-state index < -0.39 is 0 Å². The molecule has 1 atom stereocenters. The number of hydrogen-bond donors (Lipinski definition) is 0. The molecule has 17 heavy (non-hydrogen) atoms. The summed E-state index contributed by atoms with van der Waals surface area (Å²) in [6.45, 7) is 6.99. The lowest BCUT2D eigenvalue weighted by Gasteiger charge is -2.23. The van der Waals surface area contributed by atoms with Crippen molar-refractivity contribution in [1.82, 2.24) is 9.88 Å². The van der Waals surface area contributed by atoms with Gasteiger partial charge >= 0.3 is 0 Å². The number of carbonyl (C=O) groups excluding carboxylic acids is 1. The average molecular weight is 255 g/mol. The third-order valence-corrected chi connectivity index (χ3v) is 3.11. The molecule has 1 rings (SSSR count). The fourth-order valence-corrected chi connectivity index (χ4v) is 1.74. The van der Waals surface area contributed by atoms with Crippen molar-refractivity contribution in [2.75, 3.05) is 12.4 Å². The Balaban J connectivity index is 2.73. The molecule has 1 unspecified atom stereocenters. The van der Waals surface area contributed by atoms with Crippen LogP contribution < -0.4 is 0 Å². The van der Waals surface area contributed by atoms with Gasteiger partial charge in [-0.2, -0.15) is 0 Å². The largest absolute Gasteiger partial charge is 0.337 e. The summed E-state index contributed by atoms with van der Waals surface area (Å²) in [5, 5.41) is 0. The van der Waals surface area contributed by atoms with Gasteiger partial charge in [0, 0.05) is 24.0 Å². The van der Waals surface area contributed by atoms with Gasteiger partial charge in [-0.1, -0.05) is 13.0 Å². The van der Waals surface area contributed by atoms with Crippen LogP contribution in [-0.2, 0) is 11.3 Å². The smallest absolute Gasteiger partial charge is 0.226 e. The SMILES string of the molecule is CCN(Cc1cccc(C)n1)C(=O)C(C)CCl. The molecule has 1 aromatic heterocycles. The van der Waals surface area contributed by atoms with E-state index in [4.69, 9.17) is 11.6 Å². The number of rotatable bonds is 5. The number of aryl methyl sites for hydroxylation is 1. The molecule has 0 aromatic carbocycles. The van der Waals surface area contributed by atoms with Crippen LogP contribution in [0.1, 0.15) is 25.2 Å². The Morgan fingerprint density at radius 1 is 1.53 bits per heavy atom. The molecule has 0 saturated carbocycles. The van der Waals surface area contributed by atoms with Gasteiger partial charge < -0.3 is 4.90 Å². The van der Waals surface area contributed by atoms with Gasteiger partial charge in [0.05, 0.1) is 12.2 Å².